The highest BCUT2D eigenvalue weighted by atomic mass is 16.5. The highest BCUT2D eigenvalue weighted by Crippen LogP contribution is 2.26. The smallest absolute Gasteiger partial charge is 0.336 e. The van der Waals surface area contributed by atoms with E-state index in [-0.39, 0.29) is 5.63 Å². The lowest BCUT2D eigenvalue weighted by Crippen LogP contribution is -1.99. The Bertz CT molecular complexity index is 581. The first-order chi connectivity index (χ1) is 7.72. The molecular weight excluding hydrogens is 204 g/mol. The molecule has 3 heteroatoms. The summed E-state index contributed by atoms with van der Waals surface area (Å²) in [5.41, 5.74) is 1.06. The topological polar surface area (TPSA) is 39.4 Å². The van der Waals surface area contributed by atoms with Gasteiger partial charge in [-0.15, -0.1) is 0 Å². The first kappa shape index (κ1) is 10.5. The molecule has 0 aliphatic rings. The van der Waals surface area contributed by atoms with Crippen molar-refractivity contribution in [2.45, 2.75) is 6.92 Å². The van der Waals surface area contributed by atoms with Crippen LogP contribution in [0.5, 0.6) is 5.75 Å². The fourth-order valence-electron chi connectivity index (χ4n) is 1.56. The van der Waals surface area contributed by atoms with Crippen LogP contribution >= 0.6 is 0 Å². The summed E-state index contributed by atoms with van der Waals surface area (Å²) in [5, 5.41) is 0.892. The molecule has 0 amide bonds. The standard InChI is InChI=1S/C13H12O3/c1-3-8-15-11-6-4-10-5-7-12(14)16-13(10)9(11)2/h3-7H,1,8H2,2H3. The van der Waals surface area contributed by atoms with Gasteiger partial charge in [0.05, 0.1) is 0 Å². The molecule has 0 radical (unpaired) electrons. The molecule has 0 unspecified atom stereocenters. The minimum absolute atomic E-state index is 0.350. The zero-order chi connectivity index (χ0) is 11.5. The molecule has 0 bridgehead atoms. The van der Waals surface area contributed by atoms with Crippen molar-refractivity contribution in [1.29, 1.82) is 0 Å². The second kappa shape index (κ2) is 4.23. The van der Waals surface area contributed by atoms with Gasteiger partial charge in [0.1, 0.15) is 17.9 Å². The monoisotopic (exact) mass is 216 g/mol. The summed E-state index contributed by atoms with van der Waals surface area (Å²) < 4.78 is 10.6. The molecule has 1 aromatic carbocycles. The van der Waals surface area contributed by atoms with E-state index in [0.717, 1.165) is 10.9 Å². The van der Waals surface area contributed by atoms with E-state index in [1.165, 1.54) is 6.07 Å². The van der Waals surface area contributed by atoms with Crippen LogP contribution in [0.2, 0.25) is 0 Å². The van der Waals surface area contributed by atoms with Crippen molar-refractivity contribution in [2.75, 3.05) is 6.61 Å². The normalized spacial score (nSPS) is 10.3. The summed E-state index contributed by atoms with van der Waals surface area (Å²) in [6.07, 6.45) is 1.67. The van der Waals surface area contributed by atoms with E-state index < -0.39 is 0 Å². The van der Waals surface area contributed by atoms with E-state index in [4.69, 9.17) is 9.15 Å². The molecule has 0 aliphatic carbocycles. The van der Waals surface area contributed by atoms with Crippen molar-refractivity contribution in [2.24, 2.45) is 0 Å². The van der Waals surface area contributed by atoms with Gasteiger partial charge in [-0.1, -0.05) is 12.7 Å². The van der Waals surface area contributed by atoms with Crippen molar-refractivity contribution in [3.8, 4) is 5.75 Å². The predicted octanol–water partition coefficient (Wildman–Crippen LogP) is 2.67. The molecule has 0 saturated heterocycles. The van der Waals surface area contributed by atoms with E-state index >= 15 is 0 Å². The number of aryl methyl sites for hydroxylation is 1. The van der Waals surface area contributed by atoms with Crippen LogP contribution < -0.4 is 10.4 Å². The van der Waals surface area contributed by atoms with Crippen LogP contribution in [0, 0.1) is 6.92 Å². The van der Waals surface area contributed by atoms with Crippen molar-refractivity contribution in [3.63, 3.8) is 0 Å². The summed E-state index contributed by atoms with van der Waals surface area (Å²) in [6, 6.07) is 6.88. The lowest BCUT2D eigenvalue weighted by atomic mass is 10.1. The van der Waals surface area contributed by atoms with Gasteiger partial charge in [-0.25, -0.2) is 4.79 Å². The van der Waals surface area contributed by atoms with Gasteiger partial charge < -0.3 is 9.15 Å². The van der Waals surface area contributed by atoms with Gasteiger partial charge in [0.2, 0.25) is 0 Å². The highest BCUT2D eigenvalue weighted by molar-refractivity contribution is 5.81. The van der Waals surface area contributed by atoms with E-state index in [9.17, 15) is 4.79 Å². The lowest BCUT2D eigenvalue weighted by molar-refractivity contribution is 0.360. The summed E-state index contributed by atoms with van der Waals surface area (Å²) in [4.78, 5) is 11.1. The minimum Gasteiger partial charge on any atom is -0.489 e. The Morgan fingerprint density at radius 1 is 1.38 bits per heavy atom. The van der Waals surface area contributed by atoms with Crippen molar-refractivity contribution >= 4 is 11.0 Å². The van der Waals surface area contributed by atoms with Gasteiger partial charge in [-0.05, 0) is 25.1 Å². The molecule has 3 nitrogen and oxygen atoms in total. The first-order valence-electron chi connectivity index (χ1n) is 4.99. The fourth-order valence-corrected chi connectivity index (χ4v) is 1.56. The average molecular weight is 216 g/mol. The summed E-state index contributed by atoms with van der Waals surface area (Å²) in [7, 11) is 0. The molecule has 2 aromatic rings. The molecule has 2 rings (SSSR count). The van der Waals surface area contributed by atoms with Gasteiger partial charge in [0.25, 0.3) is 0 Å². The third-order valence-electron chi connectivity index (χ3n) is 2.34. The third kappa shape index (κ3) is 1.84. The van der Waals surface area contributed by atoms with Gasteiger partial charge >= 0.3 is 5.63 Å². The average Bonchev–Trinajstić information content (AvgIpc) is 2.29. The molecule has 82 valence electrons. The second-order valence-corrected chi connectivity index (χ2v) is 3.46. The van der Waals surface area contributed by atoms with Crippen LogP contribution in [0.4, 0.5) is 0 Å². The Kier molecular flexibility index (Phi) is 2.77. The Morgan fingerprint density at radius 3 is 2.88 bits per heavy atom. The van der Waals surface area contributed by atoms with Crippen LogP contribution in [0.1, 0.15) is 5.56 Å². The summed E-state index contributed by atoms with van der Waals surface area (Å²) >= 11 is 0. The number of hydrogen-bond acceptors (Lipinski definition) is 3. The lowest BCUT2D eigenvalue weighted by Gasteiger charge is -2.08. The molecule has 0 aliphatic heterocycles. The number of benzene rings is 1. The Balaban J connectivity index is 2.58. The quantitative estimate of drug-likeness (QED) is 0.585. The zero-order valence-corrected chi connectivity index (χ0v) is 9.03. The van der Waals surface area contributed by atoms with E-state index in [1.807, 2.05) is 19.1 Å². The van der Waals surface area contributed by atoms with Crippen LogP contribution in [0.3, 0.4) is 0 Å². The number of ether oxygens (including phenoxy) is 1. The SMILES string of the molecule is C=CCOc1ccc2ccc(=O)oc2c1C. The van der Waals surface area contributed by atoms with Gasteiger partial charge in [0.15, 0.2) is 0 Å². The number of hydrogen-bond donors (Lipinski definition) is 0. The summed E-state index contributed by atoms with van der Waals surface area (Å²) in [6.45, 7) is 5.88. The third-order valence-corrected chi connectivity index (χ3v) is 2.34. The minimum atomic E-state index is -0.350. The maximum atomic E-state index is 11.1. The van der Waals surface area contributed by atoms with E-state index in [1.54, 1.807) is 12.1 Å². The van der Waals surface area contributed by atoms with Gasteiger partial charge in [-0.2, -0.15) is 0 Å². The molecule has 0 atom stereocenters. The van der Waals surface area contributed by atoms with Crippen molar-refractivity contribution < 1.29 is 9.15 Å². The molecule has 1 heterocycles. The molecular formula is C13H12O3. The maximum absolute atomic E-state index is 11.1. The molecule has 1 aromatic heterocycles. The predicted molar refractivity (Wildman–Crippen MR) is 62.9 cm³/mol. The molecule has 0 spiro atoms. The molecule has 16 heavy (non-hydrogen) atoms. The van der Waals surface area contributed by atoms with Crippen LogP contribution in [-0.2, 0) is 0 Å². The largest absolute Gasteiger partial charge is 0.489 e. The Hall–Kier alpha value is -2.03. The van der Waals surface area contributed by atoms with Crippen LogP contribution in [-0.4, -0.2) is 6.61 Å². The maximum Gasteiger partial charge on any atom is 0.336 e. The number of fused-ring (bicyclic) bond motifs is 1. The van der Waals surface area contributed by atoms with Crippen LogP contribution in [0.25, 0.3) is 11.0 Å². The van der Waals surface area contributed by atoms with E-state index in [2.05, 4.69) is 6.58 Å². The fraction of sp³-hybridized carbons (Fsp3) is 0.154. The first-order valence-corrected chi connectivity index (χ1v) is 4.99. The molecule has 0 fully saturated rings. The van der Waals surface area contributed by atoms with E-state index in [0.29, 0.717) is 17.9 Å². The Labute approximate surface area is 93.0 Å². The van der Waals surface area contributed by atoms with Gasteiger partial charge in [0, 0.05) is 17.0 Å². The van der Waals surface area contributed by atoms with Crippen molar-refractivity contribution in [3.05, 3.63) is 52.9 Å². The molecule has 0 saturated carbocycles. The highest BCUT2D eigenvalue weighted by Gasteiger charge is 2.06. The van der Waals surface area contributed by atoms with Gasteiger partial charge in [-0.3, -0.25) is 0 Å². The zero-order valence-electron chi connectivity index (χ0n) is 9.03. The second-order valence-electron chi connectivity index (χ2n) is 3.46. The van der Waals surface area contributed by atoms with Crippen LogP contribution in [0.15, 0.2) is 46.1 Å². The Morgan fingerprint density at radius 2 is 2.12 bits per heavy atom. The molecule has 0 N–H and O–H groups in total. The number of rotatable bonds is 3. The summed E-state index contributed by atoms with van der Waals surface area (Å²) in [5.74, 6) is 0.710. The van der Waals surface area contributed by atoms with Crippen molar-refractivity contribution in [1.82, 2.24) is 0 Å².